The van der Waals surface area contributed by atoms with Crippen LogP contribution in [0.1, 0.15) is 43.5 Å². The highest BCUT2D eigenvalue weighted by atomic mass is 32.2. The van der Waals surface area contributed by atoms with Gasteiger partial charge in [-0.1, -0.05) is 5.16 Å². The van der Waals surface area contributed by atoms with Crippen molar-refractivity contribution in [3.63, 3.8) is 0 Å². The maximum absolute atomic E-state index is 13.4. The van der Waals surface area contributed by atoms with Crippen molar-refractivity contribution < 1.29 is 37.3 Å². The van der Waals surface area contributed by atoms with Gasteiger partial charge in [0.2, 0.25) is 5.60 Å². The average Bonchev–Trinajstić information content (AvgIpc) is 3.70. The van der Waals surface area contributed by atoms with Gasteiger partial charge in [-0.2, -0.15) is 23.4 Å². The lowest BCUT2D eigenvalue weighted by Crippen LogP contribution is -2.73. The highest BCUT2D eigenvalue weighted by Gasteiger charge is 2.55. The van der Waals surface area contributed by atoms with Gasteiger partial charge in [0.25, 0.3) is 11.8 Å². The molecule has 1 saturated heterocycles. The molecule has 20 nitrogen and oxygen atoms in total. The quantitative estimate of drug-likeness (QED) is 0.0258. The number of aliphatic imine (C=N–C) groups is 1. The van der Waals surface area contributed by atoms with Crippen LogP contribution >= 0.6 is 11.3 Å². The summed E-state index contributed by atoms with van der Waals surface area (Å²) in [5.74, 6) is -3.40. The minimum Gasteiger partial charge on any atom is -0.478 e. The third-order valence-electron chi connectivity index (χ3n) is 6.84. The summed E-state index contributed by atoms with van der Waals surface area (Å²) in [4.78, 5) is 52.5. The number of anilines is 1. The molecule has 2 aliphatic rings. The molecule has 0 radical (unpaired) electrons. The summed E-state index contributed by atoms with van der Waals surface area (Å²) in [5, 5.41) is 28.8. The van der Waals surface area contributed by atoms with E-state index in [2.05, 4.69) is 36.0 Å². The molecule has 0 unspecified atom stereocenters. The Kier molecular flexibility index (Phi) is 9.96. The number of oxime groups is 1. The van der Waals surface area contributed by atoms with Gasteiger partial charge >= 0.3 is 16.3 Å². The zero-order valence-electron chi connectivity index (χ0n) is 23.2. The Hall–Kier alpha value is -4.41. The van der Waals surface area contributed by atoms with Gasteiger partial charge in [-0.15, -0.1) is 11.3 Å². The zero-order chi connectivity index (χ0) is 32.1. The number of nitrogens with two attached hydrogens (primary N) is 3. The van der Waals surface area contributed by atoms with E-state index >= 15 is 0 Å². The first-order valence-electron chi connectivity index (χ1n) is 13.3. The number of carbonyl (C=O) groups is 3. The number of thiazole rings is 1. The fraction of sp³-hybridized carbons (Fsp3) is 0.545. The number of aromatic nitrogens is 4. The van der Waals surface area contributed by atoms with Crippen LogP contribution in [-0.4, -0.2) is 103 Å². The number of carboxylic acid groups (broad SMARTS) is 1. The third kappa shape index (κ3) is 7.56. The van der Waals surface area contributed by atoms with Crippen LogP contribution < -0.4 is 27.8 Å². The molecule has 10 N–H and O–H groups in total. The molecular weight excluding hydrogens is 624 g/mol. The van der Waals surface area contributed by atoms with Gasteiger partial charge in [0.15, 0.2) is 16.8 Å². The standard InChI is InChI=1S/C22H32N12O8S2/c23-20(24)27-7-3-6-26-8-12-9-28-33(31-12)10-14-16(18(36)34(14)44(39,40)41)30-17(35)15(13-11-43-21(25)29-13)32-42-22(19(37)38)4-1-2-5-22/h9,11,14,16,26H,1-8,10H2,(H2,25,29)(H,30,35)(H,37,38)(H4,23,24,27)(H,39,40,41)/b32-15-/t14-,16+/m1/s1. The maximum atomic E-state index is 13.4. The summed E-state index contributed by atoms with van der Waals surface area (Å²) >= 11 is 0.977. The maximum Gasteiger partial charge on any atom is 0.362 e. The van der Waals surface area contributed by atoms with E-state index < -0.39 is 51.5 Å². The van der Waals surface area contributed by atoms with Crippen molar-refractivity contribution in [2.45, 2.75) is 62.9 Å². The highest BCUT2D eigenvalue weighted by molar-refractivity contribution is 7.84. The Balaban J connectivity index is 1.48. The van der Waals surface area contributed by atoms with Gasteiger partial charge in [-0.3, -0.25) is 19.1 Å². The lowest BCUT2D eigenvalue weighted by molar-refractivity contribution is -0.165. The molecule has 1 saturated carbocycles. The Morgan fingerprint density at radius 1 is 1.27 bits per heavy atom. The van der Waals surface area contributed by atoms with E-state index in [0.717, 1.165) is 16.1 Å². The Bertz CT molecular complexity index is 1550. The summed E-state index contributed by atoms with van der Waals surface area (Å²) in [6.07, 6.45) is 3.56. The number of nitrogens with zero attached hydrogens (tertiary/aromatic N) is 7. The van der Waals surface area contributed by atoms with Crippen molar-refractivity contribution in [3.05, 3.63) is 23.0 Å². The molecule has 0 aromatic carbocycles. The van der Waals surface area contributed by atoms with Crippen molar-refractivity contribution in [3.8, 4) is 0 Å². The molecule has 44 heavy (non-hydrogen) atoms. The fourth-order valence-corrected chi connectivity index (χ4v) is 6.09. The number of carboxylic acids is 1. The van der Waals surface area contributed by atoms with Crippen molar-refractivity contribution >= 4 is 56.2 Å². The van der Waals surface area contributed by atoms with Gasteiger partial charge in [-0.25, -0.2) is 14.1 Å². The molecule has 2 amide bonds. The van der Waals surface area contributed by atoms with Crippen LogP contribution in [0.15, 0.2) is 21.7 Å². The molecule has 0 spiro atoms. The molecule has 2 fully saturated rings. The van der Waals surface area contributed by atoms with E-state index in [1.54, 1.807) is 0 Å². The van der Waals surface area contributed by atoms with Crippen molar-refractivity contribution in [2.24, 2.45) is 21.6 Å². The van der Waals surface area contributed by atoms with Crippen LogP contribution in [0.2, 0.25) is 0 Å². The van der Waals surface area contributed by atoms with Crippen LogP contribution in [0.3, 0.4) is 0 Å². The Labute approximate surface area is 254 Å². The molecule has 2 aromatic heterocycles. The number of carbonyl (C=O) groups excluding carboxylic acids is 2. The highest BCUT2D eigenvalue weighted by Crippen LogP contribution is 2.34. The lowest BCUT2D eigenvalue weighted by atomic mass is 9.98. The SMILES string of the molecule is NC(N)=NCCCNCc1cnn(C[C@@H]2[C@H](NC(=O)/C(=N\OC3(C(=O)O)CCCC3)c3csc(N)n3)C(=O)N2S(=O)(=O)O)n1. The zero-order valence-corrected chi connectivity index (χ0v) is 24.8. The van der Waals surface area contributed by atoms with E-state index in [9.17, 15) is 32.5 Å². The number of nitrogens with one attached hydrogen (secondary N) is 2. The number of hydrogen-bond acceptors (Lipinski definition) is 14. The van der Waals surface area contributed by atoms with E-state index in [-0.39, 0.29) is 40.5 Å². The lowest BCUT2D eigenvalue weighted by Gasteiger charge is -2.43. The second-order valence-corrected chi connectivity index (χ2v) is 12.1. The van der Waals surface area contributed by atoms with E-state index in [4.69, 9.17) is 22.0 Å². The van der Waals surface area contributed by atoms with E-state index in [1.807, 2.05) is 0 Å². The van der Waals surface area contributed by atoms with Crippen LogP contribution in [0.5, 0.6) is 0 Å². The molecule has 22 heteroatoms. The minimum absolute atomic E-state index is 0.00355. The van der Waals surface area contributed by atoms with Crippen molar-refractivity contribution in [1.29, 1.82) is 0 Å². The first-order chi connectivity index (χ1) is 20.8. The predicted molar refractivity (Wildman–Crippen MR) is 154 cm³/mol. The first-order valence-corrected chi connectivity index (χ1v) is 15.6. The third-order valence-corrected chi connectivity index (χ3v) is 8.46. The fourth-order valence-electron chi connectivity index (χ4n) is 4.67. The number of rotatable bonds is 15. The normalized spacial score (nSPS) is 19.8. The molecule has 1 aliphatic heterocycles. The average molecular weight is 657 g/mol. The molecule has 240 valence electrons. The largest absolute Gasteiger partial charge is 0.478 e. The van der Waals surface area contributed by atoms with Crippen LogP contribution in [0.4, 0.5) is 5.13 Å². The van der Waals surface area contributed by atoms with E-state index in [1.165, 1.54) is 11.6 Å². The molecule has 0 bridgehead atoms. The van der Waals surface area contributed by atoms with Crippen LogP contribution in [0, 0.1) is 0 Å². The number of β-lactam (4-membered cyclic amide) rings is 1. The van der Waals surface area contributed by atoms with Gasteiger partial charge in [0.05, 0.1) is 18.4 Å². The molecule has 4 rings (SSSR count). The van der Waals surface area contributed by atoms with Crippen molar-refractivity contribution in [1.82, 2.24) is 34.9 Å². The van der Waals surface area contributed by atoms with Gasteiger partial charge < -0.3 is 37.8 Å². The number of aliphatic carboxylic acids is 1. The number of guanidine groups is 1. The Morgan fingerprint density at radius 3 is 2.61 bits per heavy atom. The summed E-state index contributed by atoms with van der Waals surface area (Å²) in [6.45, 7) is 0.986. The minimum atomic E-state index is -5.01. The molecule has 3 heterocycles. The first kappa shape index (κ1) is 32.5. The van der Waals surface area contributed by atoms with Gasteiger partial charge in [-0.05, 0) is 25.8 Å². The molecule has 1 aliphatic carbocycles. The predicted octanol–water partition coefficient (Wildman–Crippen LogP) is -2.61. The summed E-state index contributed by atoms with van der Waals surface area (Å²) in [5.41, 5.74) is 14.6. The van der Waals surface area contributed by atoms with Crippen molar-refractivity contribution in [2.75, 3.05) is 18.8 Å². The van der Waals surface area contributed by atoms with Crippen LogP contribution in [-0.2, 0) is 42.6 Å². The van der Waals surface area contributed by atoms with Crippen LogP contribution in [0.25, 0.3) is 0 Å². The summed E-state index contributed by atoms with van der Waals surface area (Å²) in [6, 6.07) is -2.79. The summed E-state index contributed by atoms with van der Waals surface area (Å²) < 4.78 is 33.8. The number of hydrogen-bond donors (Lipinski definition) is 7. The summed E-state index contributed by atoms with van der Waals surface area (Å²) in [7, 11) is -5.01. The second-order valence-electron chi connectivity index (χ2n) is 9.97. The number of nitrogen functional groups attached to an aromatic ring is 1. The second kappa shape index (κ2) is 13.5. The monoisotopic (exact) mass is 656 g/mol. The smallest absolute Gasteiger partial charge is 0.362 e. The van der Waals surface area contributed by atoms with Gasteiger partial charge in [0.1, 0.15) is 17.8 Å². The van der Waals surface area contributed by atoms with E-state index in [0.29, 0.717) is 44.6 Å². The number of amides is 2. The molecule has 2 atom stereocenters. The molecule has 2 aromatic rings. The topological polar surface area (TPSA) is 309 Å². The Morgan fingerprint density at radius 2 is 2.00 bits per heavy atom. The molecular formula is C22H32N12O8S2. The van der Waals surface area contributed by atoms with Gasteiger partial charge in [0, 0.05) is 31.3 Å².